The van der Waals surface area contributed by atoms with Gasteiger partial charge in [0, 0.05) is 37.7 Å². The van der Waals surface area contributed by atoms with Crippen LogP contribution in [0.15, 0.2) is 24.3 Å². The summed E-state index contributed by atoms with van der Waals surface area (Å²) >= 11 is 6.06. The number of halogens is 1. The number of methoxy groups -OCH3 is 1. The van der Waals surface area contributed by atoms with Crippen LogP contribution in [0.3, 0.4) is 0 Å². The Morgan fingerprint density at radius 2 is 2.30 bits per heavy atom. The van der Waals surface area contributed by atoms with Crippen molar-refractivity contribution in [1.82, 2.24) is 4.90 Å². The van der Waals surface area contributed by atoms with Crippen LogP contribution in [0.1, 0.15) is 30.9 Å². The summed E-state index contributed by atoms with van der Waals surface area (Å²) in [6.07, 6.45) is 2.05. The highest BCUT2D eigenvalue weighted by Crippen LogP contribution is 2.32. The minimum absolute atomic E-state index is 0.0475. The smallest absolute Gasteiger partial charge is 0.223 e. The largest absolute Gasteiger partial charge is 0.385 e. The SMILES string of the molecule is COCCCN1C(=O)CCC(N)C1c1cccc(Cl)c1. The number of carbonyl (C=O) groups is 1. The quantitative estimate of drug-likeness (QED) is 0.849. The van der Waals surface area contributed by atoms with E-state index in [-0.39, 0.29) is 18.0 Å². The number of nitrogens with zero attached hydrogens (tertiary/aromatic N) is 1. The third kappa shape index (κ3) is 3.51. The van der Waals surface area contributed by atoms with Crippen molar-refractivity contribution < 1.29 is 9.53 Å². The van der Waals surface area contributed by atoms with Crippen molar-refractivity contribution in [3.63, 3.8) is 0 Å². The van der Waals surface area contributed by atoms with E-state index in [2.05, 4.69) is 0 Å². The Bertz CT molecular complexity index is 467. The fraction of sp³-hybridized carbons (Fsp3) is 0.533. The molecule has 0 aromatic heterocycles. The third-order valence-electron chi connectivity index (χ3n) is 3.69. The average molecular weight is 297 g/mol. The van der Waals surface area contributed by atoms with Crippen LogP contribution in [0.5, 0.6) is 0 Å². The lowest BCUT2D eigenvalue weighted by Gasteiger charge is -2.40. The molecule has 1 aromatic carbocycles. The highest BCUT2D eigenvalue weighted by Gasteiger charge is 2.34. The Balaban J connectivity index is 2.21. The molecule has 2 rings (SSSR count). The second kappa shape index (κ2) is 7.07. The number of hydrogen-bond acceptors (Lipinski definition) is 3. The van der Waals surface area contributed by atoms with Crippen LogP contribution in [-0.2, 0) is 9.53 Å². The first-order valence-electron chi connectivity index (χ1n) is 6.93. The van der Waals surface area contributed by atoms with Crippen LogP contribution in [-0.4, -0.2) is 37.1 Å². The Kier molecular flexibility index (Phi) is 5.40. The van der Waals surface area contributed by atoms with Crippen LogP contribution >= 0.6 is 11.6 Å². The molecule has 0 spiro atoms. The number of ether oxygens (including phenoxy) is 1. The molecule has 20 heavy (non-hydrogen) atoms. The number of benzene rings is 1. The van der Waals surface area contributed by atoms with Crippen LogP contribution in [0.4, 0.5) is 0 Å². The number of carbonyl (C=O) groups excluding carboxylic acids is 1. The number of nitrogens with two attached hydrogens (primary N) is 1. The molecular formula is C15H21ClN2O2. The standard InChI is InChI=1S/C15H21ClN2O2/c1-20-9-3-8-18-14(19)7-6-13(17)15(18)11-4-2-5-12(16)10-11/h2,4-5,10,13,15H,3,6-9,17H2,1H3. The van der Waals surface area contributed by atoms with E-state index in [0.717, 1.165) is 18.4 Å². The maximum atomic E-state index is 12.2. The monoisotopic (exact) mass is 296 g/mol. The number of piperidine rings is 1. The second-order valence-electron chi connectivity index (χ2n) is 5.14. The fourth-order valence-corrected chi connectivity index (χ4v) is 2.94. The number of hydrogen-bond donors (Lipinski definition) is 1. The van der Waals surface area contributed by atoms with Crippen molar-refractivity contribution in [2.45, 2.75) is 31.3 Å². The summed E-state index contributed by atoms with van der Waals surface area (Å²) in [5, 5.41) is 0.671. The lowest BCUT2D eigenvalue weighted by atomic mass is 9.90. The van der Waals surface area contributed by atoms with E-state index in [0.29, 0.717) is 24.6 Å². The average Bonchev–Trinajstić information content (AvgIpc) is 2.43. The molecule has 1 saturated heterocycles. The molecule has 2 N–H and O–H groups in total. The molecule has 0 saturated carbocycles. The van der Waals surface area contributed by atoms with Crippen molar-refractivity contribution in [2.24, 2.45) is 5.73 Å². The molecule has 0 radical (unpaired) electrons. The summed E-state index contributed by atoms with van der Waals surface area (Å²) in [6, 6.07) is 7.47. The Morgan fingerprint density at radius 3 is 3.00 bits per heavy atom. The molecule has 1 aliphatic heterocycles. The Hall–Kier alpha value is -1.10. The first-order valence-corrected chi connectivity index (χ1v) is 7.30. The van der Waals surface area contributed by atoms with Crippen LogP contribution < -0.4 is 5.73 Å². The van der Waals surface area contributed by atoms with Crippen LogP contribution in [0, 0.1) is 0 Å². The predicted octanol–water partition coefficient (Wildman–Crippen LogP) is 2.37. The van der Waals surface area contributed by atoms with Gasteiger partial charge < -0.3 is 15.4 Å². The summed E-state index contributed by atoms with van der Waals surface area (Å²) in [4.78, 5) is 14.1. The van der Waals surface area contributed by atoms with Gasteiger partial charge in [-0.2, -0.15) is 0 Å². The van der Waals surface area contributed by atoms with Gasteiger partial charge in [0.25, 0.3) is 0 Å². The fourth-order valence-electron chi connectivity index (χ4n) is 2.74. The molecule has 1 fully saturated rings. The Morgan fingerprint density at radius 1 is 1.50 bits per heavy atom. The Labute approximate surface area is 124 Å². The molecule has 5 heteroatoms. The van der Waals surface area contributed by atoms with Crippen LogP contribution in [0.2, 0.25) is 5.02 Å². The van der Waals surface area contributed by atoms with E-state index in [9.17, 15) is 4.79 Å². The van der Waals surface area contributed by atoms with Gasteiger partial charge in [0.2, 0.25) is 5.91 Å². The summed E-state index contributed by atoms with van der Waals surface area (Å²) in [5.74, 6) is 0.160. The van der Waals surface area contributed by atoms with E-state index >= 15 is 0 Å². The van der Waals surface area contributed by atoms with Crippen molar-refractivity contribution in [1.29, 1.82) is 0 Å². The lowest BCUT2D eigenvalue weighted by molar-refractivity contribution is -0.137. The van der Waals surface area contributed by atoms with Gasteiger partial charge in [-0.05, 0) is 30.5 Å². The zero-order chi connectivity index (χ0) is 14.5. The highest BCUT2D eigenvalue weighted by atomic mass is 35.5. The summed E-state index contributed by atoms with van der Waals surface area (Å²) in [5.41, 5.74) is 7.26. The summed E-state index contributed by atoms with van der Waals surface area (Å²) in [6.45, 7) is 1.30. The molecule has 2 unspecified atom stereocenters. The zero-order valence-electron chi connectivity index (χ0n) is 11.7. The normalized spacial score (nSPS) is 23.1. The molecule has 1 heterocycles. The van der Waals surface area contributed by atoms with E-state index in [1.54, 1.807) is 7.11 Å². The molecule has 0 bridgehead atoms. The summed E-state index contributed by atoms with van der Waals surface area (Å²) < 4.78 is 5.06. The molecule has 110 valence electrons. The van der Waals surface area contributed by atoms with Crippen LogP contribution in [0.25, 0.3) is 0 Å². The second-order valence-corrected chi connectivity index (χ2v) is 5.57. The molecule has 4 nitrogen and oxygen atoms in total. The van der Waals surface area contributed by atoms with E-state index in [4.69, 9.17) is 22.1 Å². The lowest BCUT2D eigenvalue weighted by Crippen LogP contribution is -2.49. The van der Waals surface area contributed by atoms with Crippen molar-refractivity contribution >= 4 is 17.5 Å². The van der Waals surface area contributed by atoms with Crippen molar-refractivity contribution in [3.8, 4) is 0 Å². The first kappa shape index (κ1) is 15.3. The maximum absolute atomic E-state index is 12.2. The van der Waals surface area contributed by atoms with Gasteiger partial charge in [0.15, 0.2) is 0 Å². The summed E-state index contributed by atoms with van der Waals surface area (Å²) in [7, 11) is 1.66. The van der Waals surface area contributed by atoms with E-state index < -0.39 is 0 Å². The number of rotatable bonds is 5. The number of likely N-dealkylation sites (tertiary alicyclic amines) is 1. The molecular weight excluding hydrogens is 276 g/mol. The van der Waals surface area contributed by atoms with Gasteiger partial charge in [-0.3, -0.25) is 4.79 Å². The van der Waals surface area contributed by atoms with Gasteiger partial charge in [0.1, 0.15) is 0 Å². The molecule has 1 amide bonds. The van der Waals surface area contributed by atoms with Gasteiger partial charge in [-0.15, -0.1) is 0 Å². The first-order chi connectivity index (χ1) is 9.63. The van der Waals surface area contributed by atoms with Crippen molar-refractivity contribution in [3.05, 3.63) is 34.9 Å². The minimum atomic E-state index is -0.0909. The minimum Gasteiger partial charge on any atom is -0.385 e. The zero-order valence-corrected chi connectivity index (χ0v) is 12.5. The van der Waals surface area contributed by atoms with E-state index in [1.807, 2.05) is 29.2 Å². The predicted molar refractivity (Wildman–Crippen MR) is 79.6 cm³/mol. The van der Waals surface area contributed by atoms with Crippen molar-refractivity contribution in [2.75, 3.05) is 20.3 Å². The highest BCUT2D eigenvalue weighted by molar-refractivity contribution is 6.30. The topological polar surface area (TPSA) is 55.6 Å². The molecule has 1 aromatic rings. The van der Waals surface area contributed by atoms with Gasteiger partial charge in [-0.25, -0.2) is 0 Å². The third-order valence-corrected chi connectivity index (χ3v) is 3.93. The van der Waals surface area contributed by atoms with E-state index in [1.165, 1.54) is 0 Å². The molecule has 2 atom stereocenters. The van der Waals surface area contributed by atoms with Gasteiger partial charge in [-0.1, -0.05) is 23.7 Å². The maximum Gasteiger partial charge on any atom is 0.223 e. The number of amides is 1. The molecule has 0 aliphatic carbocycles. The molecule has 1 aliphatic rings. The van der Waals surface area contributed by atoms with Gasteiger partial charge in [0.05, 0.1) is 6.04 Å². The van der Waals surface area contributed by atoms with Gasteiger partial charge >= 0.3 is 0 Å².